The molecular weight excluding hydrogens is 160 g/mol. The summed E-state index contributed by atoms with van der Waals surface area (Å²) in [6, 6.07) is 4.39. The fourth-order valence-electron chi connectivity index (χ4n) is 1.64. The predicted octanol–water partition coefficient (Wildman–Crippen LogP) is 2.00. The molecule has 1 heterocycles. The first-order valence-corrected chi connectivity index (χ1v) is 4.83. The summed E-state index contributed by atoms with van der Waals surface area (Å²) in [7, 11) is 0. The van der Waals surface area contributed by atoms with Gasteiger partial charge in [0.25, 0.3) is 0 Å². The molecule has 0 bridgehead atoms. The highest BCUT2D eigenvalue weighted by Crippen LogP contribution is 2.11. The van der Waals surface area contributed by atoms with Crippen molar-refractivity contribution in [3.63, 3.8) is 0 Å². The van der Waals surface area contributed by atoms with Gasteiger partial charge in [-0.2, -0.15) is 0 Å². The second-order valence-electron chi connectivity index (χ2n) is 3.88. The highest BCUT2D eigenvalue weighted by atomic mass is 14.6. The third-order valence-electron chi connectivity index (χ3n) is 2.08. The van der Waals surface area contributed by atoms with Crippen LogP contribution in [0.1, 0.15) is 25.8 Å². The molecule has 0 fully saturated rings. The Morgan fingerprint density at radius 2 is 2.23 bits per heavy atom. The van der Waals surface area contributed by atoms with E-state index in [4.69, 9.17) is 5.73 Å². The van der Waals surface area contributed by atoms with Crippen molar-refractivity contribution in [3.05, 3.63) is 30.1 Å². The lowest BCUT2D eigenvalue weighted by Crippen LogP contribution is -2.19. The lowest BCUT2D eigenvalue weighted by atomic mass is 9.96. The van der Waals surface area contributed by atoms with Crippen molar-refractivity contribution >= 4 is 0 Å². The number of hydrogen-bond acceptors (Lipinski definition) is 2. The predicted molar refractivity (Wildman–Crippen MR) is 55.4 cm³/mol. The minimum Gasteiger partial charge on any atom is -0.328 e. The summed E-state index contributed by atoms with van der Waals surface area (Å²) >= 11 is 0. The Kier molecular flexibility index (Phi) is 3.90. The summed E-state index contributed by atoms with van der Waals surface area (Å²) in [5.41, 5.74) is 7.03. The van der Waals surface area contributed by atoms with Gasteiger partial charge in [0.2, 0.25) is 0 Å². The van der Waals surface area contributed by atoms with Gasteiger partial charge in [0, 0.05) is 18.4 Å². The first kappa shape index (κ1) is 10.2. The van der Waals surface area contributed by atoms with Crippen LogP contribution < -0.4 is 5.73 Å². The Bertz CT molecular complexity index is 231. The molecule has 1 rings (SSSR count). The molecule has 1 aromatic rings. The van der Waals surface area contributed by atoms with Gasteiger partial charge in [-0.1, -0.05) is 13.0 Å². The lowest BCUT2D eigenvalue weighted by Gasteiger charge is -2.13. The van der Waals surface area contributed by atoms with Crippen LogP contribution in [0, 0.1) is 5.92 Å². The summed E-state index contributed by atoms with van der Waals surface area (Å²) in [4.78, 5) is 4.09. The van der Waals surface area contributed by atoms with Gasteiger partial charge in [0.05, 0.1) is 0 Å². The van der Waals surface area contributed by atoms with Crippen LogP contribution in [0.15, 0.2) is 24.5 Å². The van der Waals surface area contributed by atoms with Crippen LogP contribution in [0.4, 0.5) is 0 Å². The Morgan fingerprint density at radius 1 is 1.46 bits per heavy atom. The molecule has 0 amide bonds. The molecule has 2 heteroatoms. The van der Waals surface area contributed by atoms with E-state index in [1.165, 1.54) is 5.56 Å². The monoisotopic (exact) mass is 178 g/mol. The Balaban J connectivity index is 2.41. The zero-order chi connectivity index (χ0) is 9.68. The van der Waals surface area contributed by atoms with E-state index < -0.39 is 0 Å². The van der Waals surface area contributed by atoms with Crippen molar-refractivity contribution in [1.82, 2.24) is 4.98 Å². The van der Waals surface area contributed by atoms with Crippen LogP contribution in [0.3, 0.4) is 0 Å². The van der Waals surface area contributed by atoms with Gasteiger partial charge in [0.15, 0.2) is 0 Å². The van der Waals surface area contributed by atoms with Gasteiger partial charge in [-0.05, 0) is 37.3 Å². The molecule has 0 saturated carbocycles. The average Bonchev–Trinajstić information content (AvgIpc) is 2.04. The van der Waals surface area contributed by atoms with E-state index >= 15 is 0 Å². The molecule has 0 aliphatic heterocycles. The topological polar surface area (TPSA) is 38.9 Å². The number of hydrogen-bond donors (Lipinski definition) is 1. The summed E-state index contributed by atoms with van der Waals surface area (Å²) in [6.07, 6.45) is 5.89. The van der Waals surface area contributed by atoms with E-state index in [9.17, 15) is 0 Å². The van der Waals surface area contributed by atoms with Gasteiger partial charge >= 0.3 is 0 Å². The standard InChI is InChI=1S/C11H18N2/c1-9(6-10(2)12)7-11-4-3-5-13-8-11/h3-5,8-10H,6-7,12H2,1-2H3/t9-,10+/m1/s1. The highest BCUT2D eigenvalue weighted by Gasteiger charge is 2.05. The molecule has 2 N–H and O–H groups in total. The fraction of sp³-hybridized carbons (Fsp3) is 0.545. The van der Waals surface area contributed by atoms with E-state index in [2.05, 4.69) is 24.9 Å². The SMILES string of the molecule is C[C@@H](Cc1cccnc1)C[C@H](C)N. The van der Waals surface area contributed by atoms with E-state index in [0.29, 0.717) is 12.0 Å². The largest absolute Gasteiger partial charge is 0.328 e. The van der Waals surface area contributed by atoms with Crippen LogP contribution in [0.2, 0.25) is 0 Å². The van der Waals surface area contributed by atoms with Crippen molar-refractivity contribution in [2.45, 2.75) is 32.7 Å². The number of nitrogens with zero attached hydrogens (tertiary/aromatic N) is 1. The zero-order valence-corrected chi connectivity index (χ0v) is 8.40. The maximum atomic E-state index is 5.73. The second kappa shape index (κ2) is 4.97. The molecule has 2 nitrogen and oxygen atoms in total. The normalized spacial score (nSPS) is 15.3. The lowest BCUT2D eigenvalue weighted by molar-refractivity contribution is 0.479. The summed E-state index contributed by atoms with van der Waals surface area (Å²) < 4.78 is 0. The molecule has 1 aromatic heterocycles. The smallest absolute Gasteiger partial charge is 0.0299 e. The zero-order valence-electron chi connectivity index (χ0n) is 8.40. The molecule has 0 spiro atoms. The summed E-state index contributed by atoms with van der Waals surface area (Å²) in [6.45, 7) is 4.29. The first-order chi connectivity index (χ1) is 6.18. The molecule has 72 valence electrons. The molecule has 0 aliphatic rings. The average molecular weight is 178 g/mol. The van der Waals surface area contributed by atoms with E-state index in [-0.39, 0.29) is 0 Å². The minimum atomic E-state index is 0.298. The maximum Gasteiger partial charge on any atom is 0.0299 e. The number of nitrogens with two attached hydrogens (primary N) is 1. The van der Waals surface area contributed by atoms with Crippen molar-refractivity contribution in [3.8, 4) is 0 Å². The molecule has 13 heavy (non-hydrogen) atoms. The van der Waals surface area contributed by atoms with Crippen LogP contribution >= 0.6 is 0 Å². The molecular formula is C11H18N2. The van der Waals surface area contributed by atoms with Crippen molar-refractivity contribution in [1.29, 1.82) is 0 Å². The van der Waals surface area contributed by atoms with E-state index in [1.54, 1.807) is 6.20 Å². The second-order valence-corrected chi connectivity index (χ2v) is 3.88. The number of pyridine rings is 1. The third-order valence-corrected chi connectivity index (χ3v) is 2.08. The Morgan fingerprint density at radius 3 is 2.77 bits per heavy atom. The summed E-state index contributed by atoms with van der Waals surface area (Å²) in [5.74, 6) is 0.643. The molecule has 2 atom stereocenters. The molecule has 0 saturated heterocycles. The third kappa shape index (κ3) is 4.04. The summed E-state index contributed by atoms with van der Waals surface area (Å²) in [5, 5.41) is 0. The van der Waals surface area contributed by atoms with Gasteiger partial charge in [0.1, 0.15) is 0 Å². The van der Waals surface area contributed by atoms with Crippen LogP contribution in [0.25, 0.3) is 0 Å². The highest BCUT2D eigenvalue weighted by molar-refractivity contribution is 5.08. The molecule has 0 radical (unpaired) electrons. The van der Waals surface area contributed by atoms with Gasteiger partial charge in [-0.3, -0.25) is 4.98 Å². The van der Waals surface area contributed by atoms with Crippen LogP contribution in [-0.4, -0.2) is 11.0 Å². The number of aromatic nitrogens is 1. The van der Waals surface area contributed by atoms with Crippen LogP contribution in [0.5, 0.6) is 0 Å². The first-order valence-electron chi connectivity index (χ1n) is 4.83. The quantitative estimate of drug-likeness (QED) is 0.766. The van der Waals surface area contributed by atoms with Gasteiger partial charge in [-0.25, -0.2) is 0 Å². The van der Waals surface area contributed by atoms with E-state index in [0.717, 1.165) is 12.8 Å². The van der Waals surface area contributed by atoms with Crippen molar-refractivity contribution in [2.24, 2.45) is 11.7 Å². The Labute approximate surface area is 80.2 Å². The van der Waals surface area contributed by atoms with Gasteiger partial charge in [-0.15, -0.1) is 0 Å². The number of rotatable bonds is 4. The van der Waals surface area contributed by atoms with Crippen LogP contribution in [-0.2, 0) is 6.42 Å². The van der Waals surface area contributed by atoms with Crippen molar-refractivity contribution in [2.75, 3.05) is 0 Å². The molecule has 0 unspecified atom stereocenters. The van der Waals surface area contributed by atoms with Crippen molar-refractivity contribution < 1.29 is 0 Å². The minimum absolute atomic E-state index is 0.298. The Hall–Kier alpha value is -0.890. The molecule has 0 aromatic carbocycles. The fourth-order valence-corrected chi connectivity index (χ4v) is 1.64. The van der Waals surface area contributed by atoms with Gasteiger partial charge < -0.3 is 5.73 Å². The maximum absolute atomic E-state index is 5.73. The molecule has 0 aliphatic carbocycles. The van der Waals surface area contributed by atoms with E-state index in [1.807, 2.05) is 12.3 Å².